The number of hydrogen-bond donors (Lipinski definition) is 3. The molecule has 5 rings (SSSR count). The minimum atomic E-state index is -2.40. The van der Waals surface area contributed by atoms with Crippen LogP contribution in [0.5, 0.6) is 0 Å². The van der Waals surface area contributed by atoms with Crippen LogP contribution < -0.4 is 16.4 Å². The van der Waals surface area contributed by atoms with Crippen LogP contribution in [-0.2, 0) is 4.57 Å². The van der Waals surface area contributed by atoms with Crippen molar-refractivity contribution in [2.24, 2.45) is 5.73 Å². The molecule has 4 N–H and O–H groups in total. The molecule has 1 aliphatic rings. The van der Waals surface area contributed by atoms with Crippen LogP contribution in [0.15, 0.2) is 35.8 Å². The van der Waals surface area contributed by atoms with Gasteiger partial charge in [0, 0.05) is 34.5 Å². The minimum Gasteiger partial charge on any atom is -0.360 e. The summed E-state index contributed by atoms with van der Waals surface area (Å²) in [5, 5.41) is 7.44. The summed E-state index contributed by atoms with van der Waals surface area (Å²) in [5.41, 5.74) is 9.84. The second kappa shape index (κ2) is 6.94. The zero-order valence-electron chi connectivity index (χ0n) is 16.5. The molecule has 0 unspecified atom stereocenters. The maximum absolute atomic E-state index is 12.8. The van der Waals surface area contributed by atoms with Crippen LogP contribution in [0.1, 0.15) is 19.3 Å². The number of rotatable bonds is 4. The fourth-order valence-electron chi connectivity index (χ4n) is 4.22. The van der Waals surface area contributed by atoms with Gasteiger partial charge in [-0.3, -0.25) is 0 Å². The van der Waals surface area contributed by atoms with E-state index in [9.17, 15) is 4.57 Å². The molecule has 0 bridgehead atoms. The van der Waals surface area contributed by atoms with Gasteiger partial charge in [-0.2, -0.15) is 0 Å². The van der Waals surface area contributed by atoms with Crippen LogP contribution in [0.3, 0.4) is 0 Å². The molecule has 2 atom stereocenters. The van der Waals surface area contributed by atoms with E-state index in [0.717, 1.165) is 56.9 Å². The van der Waals surface area contributed by atoms with Crippen LogP contribution >= 0.6 is 18.5 Å². The summed E-state index contributed by atoms with van der Waals surface area (Å²) in [6.07, 6.45) is 4.99. The normalized spacial score (nSPS) is 20.0. The molecule has 1 saturated carbocycles. The predicted molar refractivity (Wildman–Crippen MR) is 123 cm³/mol. The molecule has 1 aromatic carbocycles. The molecule has 3 heterocycles. The summed E-state index contributed by atoms with van der Waals surface area (Å²) in [7, 11) is -2.40. The van der Waals surface area contributed by atoms with Crippen molar-refractivity contribution in [3.8, 4) is 11.3 Å². The van der Waals surface area contributed by atoms with Gasteiger partial charge in [0.25, 0.3) is 0 Å². The molecule has 3 aromatic heterocycles. The third-order valence-electron chi connectivity index (χ3n) is 5.64. The quantitative estimate of drug-likeness (QED) is 0.422. The predicted octanol–water partition coefficient (Wildman–Crippen LogP) is 4.38. The van der Waals surface area contributed by atoms with Crippen molar-refractivity contribution in [2.45, 2.75) is 31.3 Å². The summed E-state index contributed by atoms with van der Waals surface area (Å²) in [4.78, 5) is 13.0. The topological polar surface area (TPSA) is 96.7 Å². The maximum Gasteiger partial charge on any atom is 0.224 e. The lowest BCUT2D eigenvalue weighted by atomic mass is 10.1. The van der Waals surface area contributed by atoms with Gasteiger partial charge in [0.2, 0.25) is 5.95 Å². The minimum absolute atomic E-state index is 0.252. The number of hydrogen-bond acceptors (Lipinski definition) is 6. The van der Waals surface area contributed by atoms with Crippen molar-refractivity contribution in [2.75, 3.05) is 18.6 Å². The number of benzene rings is 1. The zero-order valence-corrected chi connectivity index (χ0v) is 18.2. The van der Waals surface area contributed by atoms with Crippen molar-refractivity contribution in [3.05, 3.63) is 35.8 Å². The largest absolute Gasteiger partial charge is 0.360 e. The van der Waals surface area contributed by atoms with Gasteiger partial charge in [0.05, 0.1) is 21.4 Å². The lowest BCUT2D eigenvalue weighted by molar-refractivity contribution is 0.588. The van der Waals surface area contributed by atoms with Gasteiger partial charge in [-0.15, -0.1) is 11.3 Å². The van der Waals surface area contributed by atoms with E-state index in [1.54, 1.807) is 24.7 Å². The summed E-state index contributed by atoms with van der Waals surface area (Å²) in [6, 6.07) is 8.58. The van der Waals surface area contributed by atoms with Gasteiger partial charge in [-0.25, -0.2) is 9.97 Å². The average Bonchev–Trinajstić information content (AvgIpc) is 3.39. The van der Waals surface area contributed by atoms with Gasteiger partial charge in [0.15, 0.2) is 0 Å². The second-order valence-electron chi connectivity index (χ2n) is 8.20. The van der Waals surface area contributed by atoms with Crippen LogP contribution in [0.2, 0.25) is 0 Å². The molecule has 150 valence electrons. The number of thiophene rings is 1. The van der Waals surface area contributed by atoms with E-state index in [1.165, 1.54) is 0 Å². The molecular weight excluding hydrogens is 401 g/mol. The third kappa shape index (κ3) is 3.37. The van der Waals surface area contributed by atoms with E-state index in [0.29, 0.717) is 12.0 Å². The number of aromatic nitrogens is 3. The zero-order chi connectivity index (χ0) is 20.2. The SMILES string of the molecule is CP(C)(=O)c1cccc2c(-c3nc(N[C@H]4CC[C@H](N)C4)nc4ccsc34)c[nH]c12. The Hall–Kier alpha value is -2.21. The fourth-order valence-corrected chi connectivity index (χ4v) is 6.23. The molecule has 0 saturated heterocycles. The van der Waals surface area contributed by atoms with E-state index in [2.05, 4.69) is 16.4 Å². The molecule has 1 aliphatic carbocycles. The molecule has 4 aromatic rings. The Kier molecular flexibility index (Phi) is 4.50. The number of fused-ring (bicyclic) bond motifs is 2. The van der Waals surface area contributed by atoms with Gasteiger partial charge in [0.1, 0.15) is 7.14 Å². The number of anilines is 1. The van der Waals surface area contributed by atoms with Crippen LogP contribution in [-0.4, -0.2) is 40.4 Å². The van der Waals surface area contributed by atoms with Gasteiger partial charge in [-0.1, -0.05) is 12.1 Å². The molecule has 0 aliphatic heterocycles. The molecular formula is C21H24N5OPS. The van der Waals surface area contributed by atoms with Gasteiger partial charge < -0.3 is 20.6 Å². The van der Waals surface area contributed by atoms with Crippen LogP contribution in [0.4, 0.5) is 5.95 Å². The Morgan fingerprint density at radius 3 is 2.86 bits per heavy atom. The van der Waals surface area contributed by atoms with E-state index >= 15 is 0 Å². The number of H-pyrrole nitrogens is 1. The first-order valence-electron chi connectivity index (χ1n) is 9.83. The van der Waals surface area contributed by atoms with E-state index < -0.39 is 7.14 Å². The Balaban J connectivity index is 1.65. The first kappa shape index (κ1) is 18.8. The lowest BCUT2D eigenvalue weighted by Gasteiger charge is -2.13. The summed E-state index contributed by atoms with van der Waals surface area (Å²) in [5.74, 6) is 0.646. The standard InChI is InChI=1S/C21H24N5OPS/c1-28(2,27)17-5-3-4-14-15(11-23-18(14)17)19-20-16(8-9-29-20)25-21(26-19)24-13-7-6-12(22)10-13/h3-5,8-9,11-13,23H,6-7,10,22H2,1-2H3,(H,24,25,26)/t12-,13-/m0/s1. The summed E-state index contributed by atoms with van der Waals surface area (Å²) < 4.78 is 13.8. The number of nitrogens with two attached hydrogens (primary N) is 1. The van der Waals surface area contributed by atoms with Crippen molar-refractivity contribution in [3.63, 3.8) is 0 Å². The van der Waals surface area contributed by atoms with Crippen molar-refractivity contribution in [1.82, 2.24) is 15.0 Å². The Labute approximate surface area is 173 Å². The molecule has 1 fully saturated rings. The molecule has 6 nitrogen and oxygen atoms in total. The van der Waals surface area contributed by atoms with Gasteiger partial charge in [-0.05, 0) is 50.1 Å². The molecule has 0 amide bonds. The second-order valence-corrected chi connectivity index (χ2v) is 12.3. The van der Waals surface area contributed by atoms with E-state index in [4.69, 9.17) is 15.7 Å². The van der Waals surface area contributed by atoms with Crippen LogP contribution in [0.25, 0.3) is 32.4 Å². The van der Waals surface area contributed by atoms with Gasteiger partial charge >= 0.3 is 0 Å². The molecule has 29 heavy (non-hydrogen) atoms. The highest BCUT2D eigenvalue weighted by Crippen LogP contribution is 2.40. The van der Waals surface area contributed by atoms with Crippen LogP contribution in [0, 0.1) is 0 Å². The Morgan fingerprint density at radius 1 is 1.24 bits per heavy atom. The summed E-state index contributed by atoms with van der Waals surface area (Å²) >= 11 is 1.64. The Bertz CT molecular complexity index is 1260. The summed E-state index contributed by atoms with van der Waals surface area (Å²) in [6.45, 7) is 3.61. The third-order valence-corrected chi connectivity index (χ3v) is 8.08. The monoisotopic (exact) mass is 425 g/mol. The average molecular weight is 425 g/mol. The van der Waals surface area contributed by atoms with E-state index in [1.807, 2.05) is 29.8 Å². The van der Waals surface area contributed by atoms with Crippen molar-refractivity contribution >= 4 is 50.9 Å². The first-order valence-corrected chi connectivity index (χ1v) is 13.3. The number of aromatic amines is 1. The molecule has 8 heteroatoms. The highest BCUT2D eigenvalue weighted by molar-refractivity contribution is 7.70. The van der Waals surface area contributed by atoms with Crippen molar-refractivity contribution < 1.29 is 4.57 Å². The number of para-hydroxylation sites is 1. The maximum atomic E-state index is 12.8. The fraction of sp³-hybridized carbons (Fsp3) is 0.333. The highest BCUT2D eigenvalue weighted by Gasteiger charge is 2.24. The lowest BCUT2D eigenvalue weighted by Crippen LogP contribution is -2.21. The molecule has 0 spiro atoms. The highest BCUT2D eigenvalue weighted by atomic mass is 32.1. The number of nitrogens with one attached hydrogen (secondary N) is 2. The molecule has 0 radical (unpaired) electrons. The van der Waals surface area contributed by atoms with Crippen molar-refractivity contribution in [1.29, 1.82) is 0 Å². The Morgan fingerprint density at radius 2 is 2.10 bits per heavy atom. The first-order chi connectivity index (χ1) is 13.9. The van der Waals surface area contributed by atoms with E-state index in [-0.39, 0.29) is 6.04 Å². The number of nitrogens with zero attached hydrogens (tertiary/aromatic N) is 2. The smallest absolute Gasteiger partial charge is 0.224 e.